The van der Waals surface area contributed by atoms with Gasteiger partial charge >= 0.3 is 0 Å². The summed E-state index contributed by atoms with van der Waals surface area (Å²) in [6, 6.07) is 9.98. The molecule has 1 heterocycles. The average Bonchev–Trinajstić information content (AvgIpc) is 2.41. The van der Waals surface area contributed by atoms with Crippen LogP contribution in [0.2, 0.25) is 5.15 Å². The zero-order chi connectivity index (χ0) is 13.8. The van der Waals surface area contributed by atoms with E-state index < -0.39 is 0 Å². The van der Waals surface area contributed by atoms with Crippen LogP contribution in [-0.4, -0.2) is 9.97 Å². The summed E-state index contributed by atoms with van der Waals surface area (Å²) in [5, 5.41) is 0.460. The molecule has 19 heavy (non-hydrogen) atoms. The van der Waals surface area contributed by atoms with Gasteiger partial charge < -0.3 is 4.74 Å². The zero-order valence-electron chi connectivity index (χ0n) is 11.4. The number of nitrogens with zero attached hydrogens (tertiary/aromatic N) is 2. The van der Waals surface area contributed by atoms with Crippen molar-refractivity contribution in [2.75, 3.05) is 0 Å². The van der Waals surface area contributed by atoms with Crippen molar-refractivity contribution in [3.63, 3.8) is 0 Å². The first-order valence-corrected chi connectivity index (χ1v) is 6.66. The summed E-state index contributed by atoms with van der Waals surface area (Å²) in [6.07, 6.45) is 0. The van der Waals surface area contributed by atoms with Gasteiger partial charge in [0.05, 0.1) is 0 Å². The monoisotopic (exact) mass is 276 g/mol. The zero-order valence-corrected chi connectivity index (χ0v) is 12.1. The number of aromatic nitrogens is 2. The Morgan fingerprint density at radius 2 is 1.84 bits per heavy atom. The highest BCUT2D eigenvalue weighted by Gasteiger charge is 2.12. The van der Waals surface area contributed by atoms with Crippen molar-refractivity contribution in [3.8, 4) is 5.88 Å². The molecule has 0 spiro atoms. The maximum Gasteiger partial charge on any atom is 0.221 e. The number of benzene rings is 1. The van der Waals surface area contributed by atoms with Gasteiger partial charge in [0.15, 0.2) is 0 Å². The van der Waals surface area contributed by atoms with Gasteiger partial charge in [-0.3, -0.25) is 0 Å². The van der Waals surface area contributed by atoms with E-state index in [0.29, 0.717) is 23.5 Å². The SMILES string of the molecule is Cc1c(Cl)nc(C(C)C)nc1OCc1ccccc1. The van der Waals surface area contributed by atoms with Gasteiger partial charge in [-0.15, -0.1) is 0 Å². The first-order chi connectivity index (χ1) is 9.08. The molecule has 0 saturated carbocycles. The van der Waals surface area contributed by atoms with Gasteiger partial charge in [0, 0.05) is 11.5 Å². The minimum Gasteiger partial charge on any atom is -0.472 e. The van der Waals surface area contributed by atoms with Crippen molar-refractivity contribution in [1.29, 1.82) is 0 Å². The summed E-state index contributed by atoms with van der Waals surface area (Å²) in [5.41, 5.74) is 1.88. The summed E-state index contributed by atoms with van der Waals surface area (Å²) in [4.78, 5) is 8.69. The van der Waals surface area contributed by atoms with Crippen molar-refractivity contribution in [3.05, 3.63) is 52.4 Å². The molecule has 0 bridgehead atoms. The third-order valence-corrected chi connectivity index (χ3v) is 3.16. The van der Waals surface area contributed by atoms with Crippen molar-refractivity contribution < 1.29 is 4.74 Å². The van der Waals surface area contributed by atoms with Crippen molar-refractivity contribution >= 4 is 11.6 Å². The Balaban J connectivity index is 2.20. The highest BCUT2D eigenvalue weighted by atomic mass is 35.5. The van der Waals surface area contributed by atoms with Crippen LogP contribution in [0.1, 0.15) is 36.7 Å². The van der Waals surface area contributed by atoms with E-state index in [4.69, 9.17) is 16.3 Å². The number of halogens is 1. The summed E-state index contributed by atoms with van der Waals surface area (Å²) in [5.74, 6) is 1.49. The van der Waals surface area contributed by atoms with E-state index in [0.717, 1.165) is 11.1 Å². The molecule has 0 unspecified atom stereocenters. The summed E-state index contributed by atoms with van der Waals surface area (Å²) < 4.78 is 5.76. The first kappa shape index (κ1) is 13.8. The Morgan fingerprint density at radius 3 is 2.47 bits per heavy atom. The van der Waals surface area contributed by atoms with E-state index in [9.17, 15) is 0 Å². The van der Waals surface area contributed by atoms with Crippen molar-refractivity contribution in [2.45, 2.75) is 33.3 Å². The van der Waals surface area contributed by atoms with Gasteiger partial charge in [-0.25, -0.2) is 4.98 Å². The number of hydrogen-bond acceptors (Lipinski definition) is 3. The van der Waals surface area contributed by atoms with E-state index in [1.54, 1.807) is 0 Å². The lowest BCUT2D eigenvalue weighted by Crippen LogP contribution is -2.05. The van der Waals surface area contributed by atoms with Gasteiger partial charge in [0.1, 0.15) is 17.6 Å². The summed E-state index contributed by atoms with van der Waals surface area (Å²) in [7, 11) is 0. The van der Waals surface area contributed by atoms with Gasteiger partial charge in [0.25, 0.3) is 0 Å². The van der Waals surface area contributed by atoms with Crippen LogP contribution < -0.4 is 4.74 Å². The first-order valence-electron chi connectivity index (χ1n) is 6.28. The summed E-state index contributed by atoms with van der Waals surface area (Å²) >= 11 is 6.11. The minimum absolute atomic E-state index is 0.220. The molecule has 1 aromatic carbocycles. The molecule has 2 aromatic rings. The molecular weight excluding hydrogens is 260 g/mol. The maximum absolute atomic E-state index is 6.11. The van der Waals surface area contributed by atoms with Crippen LogP contribution in [-0.2, 0) is 6.61 Å². The standard InChI is InChI=1S/C15H17ClN2O/c1-10(2)14-17-13(16)11(3)15(18-14)19-9-12-7-5-4-6-8-12/h4-8,10H,9H2,1-3H3. The van der Waals surface area contributed by atoms with Gasteiger partial charge in [-0.1, -0.05) is 55.8 Å². The fourth-order valence-electron chi connectivity index (χ4n) is 1.61. The van der Waals surface area contributed by atoms with E-state index in [2.05, 4.69) is 9.97 Å². The fourth-order valence-corrected chi connectivity index (χ4v) is 1.78. The molecule has 0 fully saturated rings. The predicted octanol–water partition coefficient (Wildman–Crippen LogP) is 4.14. The van der Waals surface area contributed by atoms with Crippen LogP contribution in [0.15, 0.2) is 30.3 Å². The van der Waals surface area contributed by atoms with Crippen molar-refractivity contribution in [1.82, 2.24) is 9.97 Å². The quantitative estimate of drug-likeness (QED) is 0.787. The molecule has 1 aromatic heterocycles. The second-order valence-electron chi connectivity index (χ2n) is 4.73. The van der Waals surface area contributed by atoms with E-state index in [1.165, 1.54) is 0 Å². The van der Waals surface area contributed by atoms with E-state index in [-0.39, 0.29) is 5.92 Å². The second-order valence-corrected chi connectivity index (χ2v) is 5.09. The minimum atomic E-state index is 0.220. The third-order valence-electron chi connectivity index (χ3n) is 2.79. The smallest absolute Gasteiger partial charge is 0.221 e. The number of rotatable bonds is 4. The Bertz CT molecular complexity index is 556. The normalized spacial score (nSPS) is 10.8. The molecule has 0 aliphatic rings. The third kappa shape index (κ3) is 3.44. The fraction of sp³-hybridized carbons (Fsp3) is 0.333. The molecule has 2 rings (SSSR count). The molecule has 3 nitrogen and oxygen atoms in total. The Morgan fingerprint density at radius 1 is 1.16 bits per heavy atom. The molecule has 0 radical (unpaired) electrons. The second kappa shape index (κ2) is 6.02. The molecule has 0 aliphatic carbocycles. The van der Waals surface area contributed by atoms with Crippen LogP contribution >= 0.6 is 11.6 Å². The molecule has 0 N–H and O–H groups in total. The van der Waals surface area contributed by atoms with Crippen LogP contribution in [0.25, 0.3) is 0 Å². The molecule has 0 saturated heterocycles. The van der Waals surface area contributed by atoms with Gasteiger partial charge in [0.2, 0.25) is 5.88 Å². The molecule has 100 valence electrons. The Hall–Kier alpha value is -1.61. The summed E-state index contributed by atoms with van der Waals surface area (Å²) in [6.45, 7) is 6.41. The van der Waals surface area contributed by atoms with E-state index >= 15 is 0 Å². The maximum atomic E-state index is 6.11. The molecule has 0 aliphatic heterocycles. The molecule has 0 atom stereocenters. The molecule has 4 heteroatoms. The highest BCUT2D eigenvalue weighted by molar-refractivity contribution is 6.30. The van der Waals surface area contributed by atoms with Gasteiger partial charge in [-0.05, 0) is 12.5 Å². The Kier molecular flexibility index (Phi) is 4.38. The Labute approximate surface area is 118 Å². The van der Waals surface area contributed by atoms with Crippen LogP contribution in [0.4, 0.5) is 0 Å². The number of hydrogen-bond donors (Lipinski definition) is 0. The lowest BCUT2D eigenvalue weighted by molar-refractivity contribution is 0.289. The number of ether oxygens (including phenoxy) is 1. The van der Waals surface area contributed by atoms with E-state index in [1.807, 2.05) is 51.1 Å². The topological polar surface area (TPSA) is 35.0 Å². The lowest BCUT2D eigenvalue weighted by Gasteiger charge is -2.12. The predicted molar refractivity (Wildman–Crippen MR) is 76.6 cm³/mol. The lowest BCUT2D eigenvalue weighted by atomic mass is 10.2. The van der Waals surface area contributed by atoms with Crippen molar-refractivity contribution in [2.24, 2.45) is 0 Å². The van der Waals surface area contributed by atoms with Gasteiger partial charge in [-0.2, -0.15) is 4.98 Å². The average molecular weight is 277 g/mol. The highest BCUT2D eigenvalue weighted by Crippen LogP contribution is 2.25. The molecular formula is C15H17ClN2O. The van der Waals surface area contributed by atoms with Crippen LogP contribution in [0, 0.1) is 6.92 Å². The molecule has 0 amide bonds. The largest absolute Gasteiger partial charge is 0.472 e. The van der Waals surface area contributed by atoms with Crippen LogP contribution in [0.3, 0.4) is 0 Å². The van der Waals surface area contributed by atoms with Crippen LogP contribution in [0.5, 0.6) is 5.88 Å².